The molecule has 1 aromatic heterocycles. The van der Waals surface area contributed by atoms with Gasteiger partial charge in [-0.05, 0) is 7.05 Å². The molecule has 7 heteroatoms. The van der Waals surface area contributed by atoms with Crippen LogP contribution in [-0.2, 0) is 10.1 Å². The van der Waals surface area contributed by atoms with Gasteiger partial charge in [0, 0.05) is 30.2 Å². The molecule has 1 aromatic rings. The Morgan fingerprint density at radius 1 is 1.61 bits per heavy atom. The van der Waals surface area contributed by atoms with Crippen molar-refractivity contribution in [1.29, 1.82) is 0 Å². The first-order valence-electron chi connectivity index (χ1n) is 5.61. The number of hydrogen-bond acceptors (Lipinski definition) is 4. The van der Waals surface area contributed by atoms with Gasteiger partial charge in [0.1, 0.15) is 11.8 Å². The number of ether oxygens (including phenoxy) is 1. The quantitative estimate of drug-likeness (QED) is 0.801. The van der Waals surface area contributed by atoms with Gasteiger partial charge < -0.3 is 9.64 Å². The van der Waals surface area contributed by atoms with E-state index in [4.69, 9.17) is 4.74 Å². The number of rotatable bonds is 3. The molecule has 1 aliphatic rings. The van der Waals surface area contributed by atoms with Gasteiger partial charge in [0.25, 0.3) is 6.43 Å². The van der Waals surface area contributed by atoms with Gasteiger partial charge in [0.05, 0.1) is 6.61 Å². The summed E-state index contributed by atoms with van der Waals surface area (Å²) in [5.74, 6) is 0.335. The molecular formula is C11H14BrF2N3O. The minimum atomic E-state index is -2.60. The molecule has 2 rings (SSSR count). The molecule has 1 fully saturated rings. The van der Waals surface area contributed by atoms with Crippen LogP contribution >= 0.6 is 15.9 Å². The summed E-state index contributed by atoms with van der Waals surface area (Å²) in [4.78, 5) is 10.2. The second-order valence-electron chi connectivity index (χ2n) is 4.19. The summed E-state index contributed by atoms with van der Waals surface area (Å²) >= 11 is 3.15. The van der Waals surface area contributed by atoms with Gasteiger partial charge in [-0.25, -0.2) is 18.7 Å². The number of morpholine rings is 1. The van der Waals surface area contributed by atoms with Gasteiger partial charge in [-0.3, -0.25) is 0 Å². The van der Waals surface area contributed by atoms with Crippen molar-refractivity contribution < 1.29 is 13.5 Å². The van der Waals surface area contributed by atoms with Crippen LogP contribution in [0.1, 0.15) is 29.6 Å². The van der Waals surface area contributed by atoms with E-state index in [0.29, 0.717) is 29.9 Å². The number of nitrogens with zero attached hydrogens (tertiary/aromatic N) is 3. The largest absolute Gasteiger partial charge is 0.368 e. The number of hydrogen-bond donors (Lipinski definition) is 0. The van der Waals surface area contributed by atoms with E-state index < -0.39 is 6.43 Å². The molecule has 18 heavy (non-hydrogen) atoms. The molecule has 0 aromatic carbocycles. The Labute approximate surface area is 112 Å². The first-order valence-corrected chi connectivity index (χ1v) is 6.74. The normalized spacial score (nSPS) is 21.5. The predicted octanol–water partition coefficient (Wildman–Crippen LogP) is 2.31. The van der Waals surface area contributed by atoms with Crippen LogP contribution in [0.5, 0.6) is 0 Å². The van der Waals surface area contributed by atoms with Crippen molar-refractivity contribution in [2.24, 2.45) is 0 Å². The molecule has 0 saturated carbocycles. The zero-order valence-corrected chi connectivity index (χ0v) is 11.5. The summed E-state index contributed by atoms with van der Waals surface area (Å²) < 4.78 is 31.3. The Morgan fingerprint density at radius 3 is 3.00 bits per heavy atom. The zero-order valence-electron chi connectivity index (χ0n) is 9.94. The van der Waals surface area contributed by atoms with Crippen LogP contribution in [0.2, 0.25) is 0 Å². The van der Waals surface area contributed by atoms with E-state index in [0.717, 1.165) is 6.54 Å². The maximum absolute atomic E-state index is 12.9. The first kappa shape index (κ1) is 13.8. The fraction of sp³-hybridized carbons (Fsp3) is 0.636. The standard InChI is InChI=1S/C11H14BrF2N3O/c1-17-2-3-18-8(6-17)11-15-5-7(4-12)9(16-11)10(13)14/h5,8,10H,2-4,6H2,1H3. The van der Waals surface area contributed by atoms with Crippen molar-refractivity contribution in [3.63, 3.8) is 0 Å². The number of alkyl halides is 3. The van der Waals surface area contributed by atoms with Crippen LogP contribution in [0.3, 0.4) is 0 Å². The zero-order chi connectivity index (χ0) is 13.1. The minimum absolute atomic E-state index is 0.214. The molecule has 1 aliphatic heterocycles. The fourth-order valence-electron chi connectivity index (χ4n) is 1.82. The fourth-order valence-corrected chi connectivity index (χ4v) is 2.25. The van der Waals surface area contributed by atoms with Crippen molar-refractivity contribution in [3.05, 3.63) is 23.3 Å². The molecule has 0 radical (unpaired) electrons. The first-order chi connectivity index (χ1) is 8.61. The Balaban J connectivity index is 2.25. The predicted molar refractivity (Wildman–Crippen MR) is 65.8 cm³/mol. The summed E-state index contributed by atoms with van der Waals surface area (Å²) in [5, 5.41) is 0.318. The molecule has 0 spiro atoms. The van der Waals surface area contributed by atoms with E-state index in [1.807, 2.05) is 7.05 Å². The van der Waals surface area contributed by atoms with Gasteiger partial charge in [-0.15, -0.1) is 0 Å². The average molecular weight is 322 g/mol. The highest BCUT2D eigenvalue weighted by Gasteiger charge is 2.24. The van der Waals surface area contributed by atoms with Crippen molar-refractivity contribution >= 4 is 15.9 Å². The number of halogens is 3. The maximum atomic E-state index is 12.9. The summed E-state index contributed by atoms with van der Waals surface area (Å²) in [7, 11) is 1.95. The summed E-state index contributed by atoms with van der Waals surface area (Å²) in [6.45, 7) is 2.02. The molecule has 0 aliphatic carbocycles. The van der Waals surface area contributed by atoms with Crippen molar-refractivity contribution in [2.75, 3.05) is 26.7 Å². The van der Waals surface area contributed by atoms with Crippen molar-refractivity contribution in [1.82, 2.24) is 14.9 Å². The highest BCUT2D eigenvalue weighted by Crippen LogP contribution is 2.25. The SMILES string of the molecule is CN1CCOC(c2ncc(CBr)c(C(F)F)n2)C1. The van der Waals surface area contributed by atoms with E-state index in [2.05, 4.69) is 30.8 Å². The van der Waals surface area contributed by atoms with Gasteiger partial charge in [0.15, 0.2) is 5.82 Å². The maximum Gasteiger partial charge on any atom is 0.280 e. The molecule has 1 unspecified atom stereocenters. The Morgan fingerprint density at radius 2 is 2.39 bits per heavy atom. The highest BCUT2D eigenvalue weighted by atomic mass is 79.9. The Bertz CT molecular complexity index is 419. The van der Waals surface area contributed by atoms with Crippen LogP contribution < -0.4 is 0 Å². The number of likely N-dealkylation sites (N-methyl/N-ethyl adjacent to an activating group) is 1. The summed E-state index contributed by atoms with van der Waals surface area (Å²) in [6.07, 6.45) is -1.48. The second-order valence-corrected chi connectivity index (χ2v) is 4.76. The topological polar surface area (TPSA) is 38.2 Å². The van der Waals surface area contributed by atoms with Crippen molar-refractivity contribution in [2.45, 2.75) is 17.9 Å². The lowest BCUT2D eigenvalue weighted by atomic mass is 10.2. The van der Waals surface area contributed by atoms with E-state index in [-0.39, 0.29) is 11.8 Å². The van der Waals surface area contributed by atoms with Crippen LogP contribution in [0.25, 0.3) is 0 Å². The molecule has 1 saturated heterocycles. The third-order valence-electron chi connectivity index (χ3n) is 2.82. The van der Waals surface area contributed by atoms with E-state index >= 15 is 0 Å². The van der Waals surface area contributed by atoms with E-state index in [1.54, 1.807) is 0 Å². The number of aromatic nitrogens is 2. The van der Waals surface area contributed by atoms with Gasteiger partial charge >= 0.3 is 0 Å². The van der Waals surface area contributed by atoms with E-state index in [1.165, 1.54) is 6.20 Å². The molecule has 1 atom stereocenters. The monoisotopic (exact) mass is 321 g/mol. The summed E-state index contributed by atoms with van der Waals surface area (Å²) in [6, 6.07) is 0. The third kappa shape index (κ3) is 3.02. The molecule has 100 valence electrons. The molecule has 2 heterocycles. The molecule has 0 amide bonds. The lowest BCUT2D eigenvalue weighted by molar-refractivity contribution is -0.0259. The molecule has 4 nitrogen and oxygen atoms in total. The molecule has 0 N–H and O–H groups in total. The second kappa shape index (κ2) is 5.99. The van der Waals surface area contributed by atoms with Gasteiger partial charge in [0.2, 0.25) is 0 Å². The van der Waals surface area contributed by atoms with Crippen LogP contribution in [-0.4, -0.2) is 41.6 Å². The van der Waals surface area contributed by atoms with Crippen LogP contribution in [0.4, 0.5) is 8.78 Å². The summed E-state index contributed by atoms with van der Waals surface area (Å²) in [5.41, 5.74) is 0.201. The van der Waals surface area contributed by atoms with Crippen molar-refractivity contribution in [3.8, 4) is 0 Å². The Hall–Kier alpha value is -0.660. The lowest BCUT2D eigenvalue weighted by Gasteiger charge is -2.29. The van der Waals surface area contributed by atoms with Gasteiger partial charge in [-0.2, -0.15) is 0 Å². The highest BCUT2D eigenvalue weighted by molar-refractivity contribution is 9.08. The van der Waals surface area contributed by atoms with E-state index in [9.17, 15) is 8.78 Å². The third-order valence-corrected chi connectivity index (χ3v) is 3.43. The molecular weight excluding hydrogens is 308 g/mol. The Kier molecular flexibility index (Phi) is 4.58. The smallest absolute Gasteiger partial charge is 0.280 e. The average Bonchev–Trinajstić information content (AvgIpc) is 2.38. The van der Waals surface area contributed by atoms with Gasteiger partial charge in [-0.1, -0.05) is 15.9 Å². The minimum Gasteiger partial charge on any atom is -0.368 e. The van der Waals surface area contributed by atoms with Crippen LogP contribution in [0.15, 0.2) is 6.20 Å². The lowest BCUT2D eigenvalue weighted by Crippen LogP contribution is -2.36. The van der Waals surface area contributed by atoms with Crippen LogP contribution in [0, 0.1) is 0 Å². The molecule has 0 bridgehead atoms.